The quantitative estimate of drug-likeness (QED) is 0.849. The van der Waals surface area contributed by atoms with E-state index >= 15 is 0 Å². The van der Waals surface area contributed by atoms with Crippen LogP contribution >= 0.6 is 11.6 Å². The smallest absolute Gasteiger partial charge is 0.255 e. The van der Waals surface area contributed by atoms with Gasteiger partial charge in [0.25, 0.3) is 5.91 Å². The second-order valence-corrected chi connectivity index (χ2v) is 5.54. The minimum absolute atomic E-state index is 0.152. The van der Waals surface area contributed by atoms with Crippen molar-refractivity contribution in [3.05, 3.63) is 34.6 Å². The molecule has 1 aliphatic heterocycles. The summed E-state index contributed by atoms with van der Waals surface area (Å²) < 4.78 is 18.7. The highest BCUT2D eigenvalue weighted by Gasteiger charge is 2.25. The van der Waals surface area contributed by atoms with E-state index in [2.05, 4.69) is 0 Å². The summed E-state index contributed by atoms with van der Waals surface area (Å²) in [6.45, 7) is 2.54. The molecule has 1 heterocycles. The molecule has 1 aliphatic rings. The highest BCUT2D eigenvalue weighted by Crippen LogP contribution is 2.22. The second kappa shape index (κ2) is 7.73. The minimum Gasteiger partial charge on any atom is -0.378 e. The van der Waals surface area contributed by atoms with E-state index in [1.54, 1.807) is 4.90 Å². The van der Waals surface area contributed by atoms with Gasteiger partial charge in [-0.15, -0.1) is 0 Å². The van der Waals surface area contributed by atoms with Crippen molar-refractivity contribution in [2.24, 2.45) is 5.73 Å². The molecule has 1 fully saturated rings. The van der Waals surface area contributed by atoms with Gasteiger partial charge in [0, 0.05) is 19.7 Å². The van der Waals surface area contributed by atoms with Crippen molar-refractivity contribution >= 4 is 17.5 Å². The van der Waals surface area contributed by atoms with Crippen LogP contribution in [0.25, 0.3) is 0 Å². The molecule has 1 saturated heterocycles. The summed E-state index contributed by atoms with van der Waals surface area (Å²) in [7, 11) is 0. The van der Waals surface area contributed by atoms with Crippen LogP contribution < -0.4 is 5.73 Å². The van der Waals surface area contributed by atoms with E-state index in [9.17, 15) is 9.18 Å². The van der Waals surface area contributed by atoms with Crippen LogP contribution in [0.2, 0.25) is 5.02 Å². The van der Waals surface area contributed by atoms with Gasteiger partial charge in [0.1, 0.15) is 5.82 Å². The SMILES string of the molecule is NCCCOC1CCN(C(=O)c2ccc(F)cc2Cl)CC1. The van der Waals surface area contributed by atoms with Gasteiger partial charge in [-0.2, -0.15) is 0 Å². The van der Waals surface area contributed by atoms with E-state index in [-0.39, 0.29) is 17.0 Å². The van der Waals surface area contributed by atoms with Gasteiger partial charge < -0.3 is 15.4 Å². The standard InChI is InChI=1S/C15H20ClFN2O2/c16-14-10-11(17)2-3-13(14)15(20)19-7-4-12(5-8-19)21-9-1-6-18/h2-3,10,12H,1,4-9,18H2. The normalized spacial score (nSPS) is 16.2. The molecule has 2 rings (SSSR count). The Bertz CT molecular complexity index is 491. The molecule has 6 heteroatoms. The first-order valence-corrected chi connectivity index (χ1v) is 7.55. The Balaban J connectivity index is 1.88. The van der Waals surface area contributed by atoms with E-state index in [1.165, 1.54) is 12.1 Å². The van der Waals surface area contributed by atoms with Crippen molar-refractivity contribution in [2.45, 2.75) is 25.4 Å². The maximum absolute atomic E-state index is 13.0. The molecule has 0 aromatic heterocycles. The molecule has 2 N–H and O–H groups in total. The molecule has 0 bridgehead atoms. The van der Waals surface area contributed by atoms with Gasteiger partial charge in [0.2, 0.25) is 0 Å². The maximum atomic E-state index is 13.0. The fourth-order valence-electron chi connectivity index (χ4n) is 2.39. The number of benzene rings is 1. The number of nitrogens with zero attached hydrogens (tertiary/aromatic N) is 1. The fraction of sp³-hybridized carbons (Fsp3) is 0.533. The molecule has 1 aromatic carbocycles. The molecular formula is C15H20ClFN2O2. The van der Waals surface area contributed by atoms with Crippen LogP contribution in [0.15, 0.2) is 18.2 Å². The van der Waals surface area contributed by atoms with Gasteiger partial charge in [0.15, 0.2) is 0 Å². The van der Waals surface area contributed by atoms with Crippen molar-refractivity contribution in [3.8, 4) is 0 Å². The first-order valence-electron chi connectivity index (χ1n) is 7.18. The van der Waals surface area contributed by atoms with Crippen LogP contribution in [0.1, 0.15) is 29.6 Å². The lowest BCUT2D eigenvalue weighted by atomic mass is 10.1. The summed E-state index contributed by atoms with van der Waals surface area (Å²) in [6.07, 6.45) is 2.64. The number of hydrogen-bond acceptors (Lipinski definition) is 3. The molecule has 21 heavy (non-hydrogen) atoms. The molecule has 0 atom stereocenters. The number of nitrogens with two attached hydrogens (primary N) is 1. The molecular weight excluding hydrogens is 295 g/mol. The van der Waals surface area contributed by atoms with Crippen LogP contribution in [-0.4, -0.2) is 43.2 Å². The topological polar surface area (TPSA) is 55.6 Å². The lowest BCUT2D eigenvalue weighted by Gasteiger charge is -2.32. The third-order valence-corrected chi connectivity index (χ3v) is 3.91. The maximum Gasteiger partial charge on any atom is 0.255 e. The summed E-state index contributed by atoms with van der Waals surface area (Å²) in [4.78, 5) is 14.1. The number of halogens is 2. The zero-order valence-electron chi connectivity index (χ0n) is 11.9. The summed E-state index contributed by atoms with van der Waals surface area (Å²) >= 11 is 5.93. The van der Waals surface area contributed by atoms with Crippen molar-refractivity contribution in [2.75, 3.05) is 26.2 Å². The molecule has 116 valence electrons. The Labute approximate surface area is 129 Å². The van der Waals surface area contributed by atoms with E-state index in [0.717, 1.165) is 25.3 Å². The number of amides is 1. The minimum atomic E-state index is -0.441. The summed E-state index contributed by atoms with van der Waals surface area (Å²) in [6, 6.07) is 3.85. The molecule has 4 nitrogen and oxygen atoms in total. The Kier molecular flexibility index (Phi) is 5.96. The number of piperidine rings is 1. The molecule has 0 aliphatic carbocycles. The summed E-state index contributed by atoms with van der Waals surface area (Å²) in [5.74, 6) is -0.594. The summed E-state index contributed by atoms with van der Waals surface area (Å²) in [5.41, 5.74) is 5.77. The van der Waals surface area contributed by atoms with Crippen LogP contribution in [0, 0.1) is 5.82 Å². The third-order valence-electron chi connectivity index (χ3n) is 3.59. The van der Waals surface area contributed by atoms with Crippen LogP contribution in [0.3, 0.4) is 0 Å². The molecule has 0 spiro atoms. The third kappa shape index (κ3) is 4.40. The Morgan fingerprint density at radius 3 is 2.76 bits per heavy atom. The van der Waals surface area contributed by atoms with Crippen molar-refractivity contribution in [3.63, 3.8) is 0 Å². The van der Waals surface area contributed by atoms with Gasteiger partial charge in [-0.25, -0.2) is 4.39 Å². The first-order chi connectivity index (χ1) is 10.1. The Morgan fingerprint density at radius 2 is 2.14 bits per heavy atom. The monoisotopic (exact) mass is 314 g/mol. The highest BCUT2D eigenvalue weighted by atomic mass is 35.5. The van der Waals surface area contributed by atoms with Gasteiger partial charge >= 0.3 is 0 Å². The fourth-order valence-corrected chi connectivity index (χ4v) is 2.64. The molecule has 0 saturated carbocycles. The largest absolute Gasteiger partial charge is 0.378 e. The number of likely N-dealkylation sites (tertiary alicyclic amines) is 1. The second-order valence-electron chi connectivity index (χ2n) is 5.13. The first kappa shape index (κ1) is 16.2. The molecule has 1 amide bonds. The molecule has 0 radical (unpaired) electrons. The summed E-state index contributed by atoms with van der Waals surface area (Å²) in [5, 5.41) is 0.154. The van der Waals surface area contributed by atoms with Gasteiger partial charge in [-0.1, -0.05) is 11.6 Å². The van der Waals surface area contributed by atoms with E-state index in [4.69, 9.17) is 22.1 Å². The number of hydrogen-bond donors (Lipinski definition) is 1. The van der Waals surface area contributed by atoms with Gasteiger partial charge in [0.05, 0.1) is 16.7 Å². The lowest BCUT2D eigenvalue weighted by Crippen LogP contribution is -2.41. The van der Waals surface area contributed by atoms with Crippen molar-refractivity contribution in [1.82, 2.24) is 4.90 Å². The van der Waals surface area contributed by atoms with E-state index in [1.807, 2.05) is 0 Å². The van der Waals surface area contributed by atoms with E-state index in [0.29, 0.717) is 31.8 Å². The lowest BCUT2D eigenvalue weighted by molar-refractivity contribution is 0.00845. The predicted octanol–water partition coefficient (Wildman–Crippen LogP) is 2.45. The predicted molar refractivity (Wildman–Crippen MR) is 80.0 cm³/mol. The van der Waals surface area contributed by atoms with Crippen molar-refractivity contribution in [1.29, 1.82) is 0 Å². The van der Waals surface area contributed by atoms with E-state index < -0.39 is 5.82 Å². The van der Waals surface area contributed by atoms with Crippen LogP contribution in [0.5, 0.6) is 0 Å². The average molecular weight is 315 g/mol. The number of ether oxygens (including phenoxy) is 1. The number of carbonyl (C=O) groups excluding carboxylic acids is 1. The van der Waals surface area contributed by atoms with Crippen LogP contribution in [0.4, 0.5) is 4.39 Å². The molecule has 0 unspecified atom stereocenters. The molecule has 1 aromatic rings. The van der Waals surface area contributed by atoms with Crippen LogP contribution in [-0.2, 0) is 4.74 Å². The van der Waals surface area contributed by atoms with Gasteiger partial charge in [-0.05, 0) is 44.0 Å². The number of carbonyl (C=O) groups is 1. The van der Waals surface area contributed by atoms with Gasteiger partial charge in [-0.3, -0.25) is 4.79 Å². The Morgan fingerprint density at radius 1 is 1.43 bits per heavy atom. The average Bonchev–Trinajstić information content (AvgIpc) is 2.48. The number of rotatable bonds is 5. The van der Waals surface area contributed by atoms with Crippen molar-refractivity contribution < 1.29 is 13.9 Å². The highest BCUT2D eigenvalue weighted by molar-refractivity contribution is 6.33. The Hall–Kier alpha value is -1.17. The zero-order valence-corrected chi connectivity index (χ0v) is 12.6. The zero-order chi connectivity index (χ0) is 15.2.